The maximum Gasteiger partial charge on any atom is 0.219 e. The molecule has 0 atom stereocenters. The molecule has 0 amide bonds. The molecule has 0 aliphatic heterocycles. The molecule has 2 aromatic heterocycles. The third-order valence-electron chi connectivity index (χ3n) is 7.95. The molecule has 3 nitrogen and oxygen atoms in total. The monoisotopic (exact) mass is 475 g/mol. The van der Waals surface area contributed by atoms with E-state index < -0.39 is 0 Å². The van der Waals surface area contributed by atoms with Crippen LogP contribution < -0.4 is 4.57 Å². The summed E-state index contributed by atoms with van der Waals surface area (Å²) in [4.78, 5) is 0. The van der Waals surface area contributed by atoms with Gasteiger partial charge in [-0.2, -0.15) is 5.26 Å². The molecule has 1 aliphatic carbocycles. The van der Waals surface area contributed by atoms with E-state index in [1.807, 2.05) is 30.7 Å². The fourth-order valence-electron chi connectivity index (χ4n) is 6.08. The van der Waals surface area contributed by atoms with E-state index in [9.17, 15) is 9.65 Å². The molecule has 178 valence electrons. The highest BCUT2D eigenvalue weighted by Crippen LogP contribution is 2.46. The fraction of sp³-hybridized carbons (Fsp3) is 0.250. The number of hydrogen-bond donors (Lipinski definition) is 0. The van der Waals surface area contributed by atoms with E-state index >= 15 is 0 Å². The number of benzene rings is 3. The first-order valence-corrected chi connectivity index (χ1v) is 12.6. The quantitative estimate of drug-likeness (QED) is 0.249. The summed E-state index contributed by atoms with van der Waals surface area (Å²) < 4.78 is 22.8. The van der Waals surface area contributed by atoms with Gasteiger partial charge in [-0.25, -0.2) is 8.96 Å². The van der Waals surface area contributed by atoms with Crippen molar-refractivity contribution in [2.45, 2.75) is 44.4 Å². The Kier molecular flexibility index (Phi) is 5.57. The second-order valence-electron chi connectivity index (χ2n) is 10.1. The molecular formula is C32H28FN2O+. The number of nitriles is 1. The van der Waals surface area contributed by atoms with Gasteiger partial charge in [-0.1, -0.05) is 42.5 Å². The average Bonchev–Trinajstić information content (AvgIpc) is 3.29. The van der Waals surface area contributed by atoms with Gasteiger partial charge >= 0.3 is 0 Å². The van der Waals surface area contributed by atoms with E-state index in [0.29, 0.717) is 11.5 Å². The number of aryl methyl sites for hydroxylation is 2. The highest BCUT2D eigenvalue weighted by atomic mass is 19.1. The predicted molar refractivity (Wildman–Crippen MR) is 140 cm³/mol. The Balaban J connectivity index is 1.49. The molecule has 0 N–H and O–H groups in total. The molecule has 0 spiro atoms. The molecule has 5 aromatic rings. The Morgan fingerprint density at radius 3 is 2.33 bits per heavy atom. The second kappa shape index (κ2) is 8.91. The molecule has 0 unspecified atom stereocenters. The van der Waals surface area contributed by atoms with Crippen molar-refractivity contribution in [3.8, 4) is 17.3 Å². The Hall–Kier alpha value is -3.97. The topological polar surface area (TPSA) is 40.8 Å². The SMILES string of the molecule is Cc1ccc2c(oc3c(C4CCC(c5ccccc5)CC4)c(C#N)ccc32)c1-c1cc(F)cc[n+]1C. The summed E-state index contributed by atoms with van der Waals surface area (Å²) in [5, 5.41) is 12.0. The zero-order valence-electron chi connectivity index (χ0n) is 20.6. The molecule has 4 heteroatoms. The van der Waals surface area contributed by atoms with Gasteiger partial charge in [0.25, 0.3) is 0 Å². The predicted octanol–water partition coefficient (Wildman–Crippen LogP) is 7.84. The molecule has 1 aliphatic rings. The minimum absolute atomic E-state index is 0.277. The van der Waals surface area contributed by atoms with Crippen molar-refractivity contribution in [2.24, 2.45) is 7.05 Å². The third-order valence-corrected chi connectivity index (χ3v) is 7.95. The van der Waals surface area contributed by atoms with Crippen LogP contribution in [0.1, 0.15) is 59.8 Å². The molecule has 1 fully saturated rings. The summed E-state index contributed by atoms with van der Waals surface area (Å²) >= 11 is 0. The summed E-state index contributed by atoms with van der Waals surface area (Å²) in [6, 6.07) is 24.3. The minimum atomic E-state index is -0.279. The fourth-order valence-corrected chi connectivity index (χ4v) is 6.08. The first-order chi connectivity index (χ1) is 17.5. The van der Waals surface area contributed by atoms with Gasteiger partial charge in [0.2, 0.25) is 5.69 Å². The minimum Gasteiger partial charge on any atom is -0.455 e. The van der Waals surface area contributed by atoms with E-state index in [2.05, 4.69) is 48.5 Å². The first kappa shape index (κ1) is 22.5. The first-order valence-electron chi connectivity index (χ1n) is 12.6. The molecule has 0 bridgehead atoms. The zero-order valence-corrected chi connectivity index (χ0v) is 20.6. The van der Waals surface area contributed by atoms with E-state index in [-0.39, 0.29) is 11.7 Å². The number of rotatable bonds is 3. The molecule has 6 rings (SSSR count). The summed E-state index contributed by atoms with van der Waals surface area (Å²) in [7, 11) is 1.92. The van der Waals surface area contributed by atoms with Crippen LogP contribution in [0.4, 0.5) is 4.39 Å². The van der Waals surface area contributed by atoms with Crippen LogP contribution in [0.5, 0.6) is 0 Å². The van der Waals surface area contributed by atoms with E-state index in [4.69, 9.17) is 4.42 Å². The maximum atomic E-state index is 14.2. The number of halogens is 1. The molecule has 1 saturated carbocycles. The van der Waals surface area contributed by atoms with Crippen molar-refractivity contribution in [1.29, 1.82) is 5.26 Å². The number of nitrogens with zero attached hydrogens (tertiary/aromatic N) is 2. The van der Waals surface area contributed by atoms with Crippen LogP contribution in [0.2, 0.25) is 0 Å². The summed E-state index contributed by atoms with van der Waals surface area (Å²) in [6.07, 6.45) is 5.97. The molecule has 3 aromatic carbocycles. The van der Waals surface area contributed by atoms with Gasteiger partial charge in [0.15, 0.2) is 6.20 Å². The van der Waals surface area contributed by atoms with Crippen LogP contribution in [-0.4, -0.2) is 0 Å². The van der Waals surface area contributed by atoms with Crippen LogP contribution in [0, 0.1) is 24.1 Å². The van der Waals surface area contributed by atoms with Crippen molar-refractivity contribution in [2.75, 3.05) is 0 Å². The molecule has 0 radical (unpaired) electrons. The number of fused-ring (bicyclic) bond motifs is 3. The van der Waals surface area contributed by atoms with Crippen molar-refractivity contribution in [3.05, 3.63) is 101 Å². The van der Waals surface area contributed by atoms with Crippen molar-refractivity contribution in [1.82, 2.24) is 0 Å². The largest absolute Gasteiger partial charge is 0.455 e. The van der Waals surface area contributed by atoms with Crippen LogP contribution in [0.3, 0.4) is 0 Å². The highest BCUT2D eigenvalue weighted by molar-refractivity contribution is 6.11. The van der Waals surface area contributed by atoms with Crippen LogP contribution in [-0.2, 0) is 7.05 Å². The van der Waals surface area contributed by atoms with Crippen LogP contribution in [0.15, 0.2) is 77.3 Å². The summed E-state index contributed by atoms with van der Waals surface area (Å²) in [5.41, 5.74) is 7.36. The number of furan rings is 1. The van der Waals surface area contributed by atoms with Crippen LogP contribution >= 0.6 is 0 Å². The number of aromatic nitrogens is 1. The third kappa shape index (κ3) is 3.67. The average molecular weight is 476 g/mol. The molecule has 2 heterocycles. The summed E-state index contributed by atoms with van der Waals surface area (Å²) in [5.74, 6) is 0.557. The lowest BCUT2D eigenvalue weighted by atomic mass is 9.75. The smallest absolute Gasteiger partial charge is 0.219 e. The highest BCUT2D eigenvalue weighted by Gasteiger charge is 2.29. The lowest BCUT2D eigenvalue weighted by Gasteiger charge is -2.29. The normalized spacial score (nSPS) is 17.9. The lowest BCUT2D eigenvalue weighted by molar-refractivity contribution is -0.660. The maximum absolute atomic E-state index is 14.2. The molecule has 36 heavy (non-hydrogen) atoms. The van der Waals surface area contributed by atoms with E-state index in [0.717, 1.165) is 70.0 Å². The Morgan fingerprint density at radius 1 is 0.889 bits per heavy atom. The Labute approximate surface area is 210 Å². The van der Waals surface area contributed by atoms with Crippen molar-refractivity contribution >= 4 is 21.9 Å². The lowest BCUT2D eigenvalue weighted by Crippen LogP contribution is -2.30. The van der Waals surface area contributed by atoms with E-state index in [1.54, 1.807) is 12.3 Å². The summed E-state index contributed by atoms with van der Waals surface area (Å²) in [6.45, 7) is 2.03. The molecular weight excluding hydrogens is 447 g/mol. The standard InChI is InChI=1S/C32H28FN2O/c1-20-8-14-26-27-15-13-24(19-34)30(23-11-9-22(10-12-23)21-6-4-3-5-7-21)32(27)36-31(26)29(20)28-18-25(33)16-17-35(28)2/h3-8,13-18,22-23H,9-12H2,1-2H3/q+1. The van der Waals surface area contributed by atoms with Gasteiger partial charge in [0, 0.05) is 28.5 Å². The van der Waals surface area contributed by atoms with Gasteiger partial charge in [0.05, 0.1) is 17.2 Å². The van der Waals surface area contributed by atoms with Gasteiger partial charge in [-0.15, -0.1) is 0 Å². The Bertz CT molecular complexity index is 1640. The van der Waals surface area contributed by atoms with E-state index in [1.165, 1.54) is 11.6 Å². The van der Waals surface area contributed by atoms with Gasteiger partial charge in [-0.05, 0) is 67.7 Å². The van der Waals surface area contributed by atoms with Crippen molar-refractivity contribution in [3.63, 3.8) is 0 Å². The van der Waals surface area contributed by atoms with Gasteiger partial charge in [-0.3, -0.25) is 0 Å². The zero-order chi connectivity index (χ0) is 24.8. The van der Waals surface area contributed by atoms with Gasteiger partial charge in [0.1, 0.15) is 24.0 Å². The Morgan fingerprint density at radius 2 is 1.58 bits per heavy atom. The van der Waals surface area contributed by atoms with Crippen molar-refractivity contribution < 1.29 is 13.4 Å². The second-order valence-corrected chi connectivity index (χ2v) is 10.1. The van der Waals surface area contributed by atoms with Gasteiger partial charge < -0.3 is 4.42 Å². The number of hydrogen-bond acceptors (Lipinski definition) is 2. The van der Waals surface area contributed by atoms with Crippen LogP contribution in [0.25, 0.3) is 33.2 Å². The molecule has 0 saturated heterocycles. The number of pyridine rings is 1.